The number of carbonyl (C=O) groups excluding carboxylic acids is 2. The fraction of sp³-hybridized carbons (Fsp3) is 0.381. The van der Waals surface area contributed by atoms with Gasteiger partial charge in [0, 0.05) is 30.3 Å². The van der Waals surface area contributed by atoms with Crippen LogP contribution >= 0.6 is 0 Å². The van der Waals surface area contributed by atoms with Gasteiger partial charge in [-0.2, -0.15) is 5.10 Å². The number of Topliss-reactive ketones (excluding diaryl/α,β-unsaturated/α-hetero) is 1. The number of ketones is 1. The number of benzene rings is 1. The van der Waals surface area contributed by atoms with Gasteiger partial charge < -0.3 is 9.84 Å². The lowest BCUT2D eigenvalue weighted by atomic mass is 10.0. The quantitative estimate of drug-likeness (QED) is 0.521. The molecule has 3 rings (SSSR count). The number of aromatic nitrogens is 4. The van der Waals surface area contributed by atoms with Crippen LogP contribution in [0.3, 0.4) is 0 Å². The molecule has 0 fully saturated rings. The number of fused-ring (bicyclic) bond motifs is 1. The summed E-state index contributed by atoms with van der Waals surface area (Å²) in [6.45, 7) is 8.33. The van der Waals surface area contributed by atoms with Gasteiger partial charge >= 0.3 is 5.97 Å². The van der Waals surface area contributed by atoms with Gasteiger partial charge in [-0.25, -0.2) is 9.97 Å². The van der Waals surface area contributed by atoms with Gasteiger partial charge in [0.1, 0.15) is 23.9 Å². The fourth-order valence-electron chi connectivity index (χ4n) is 2.94. The zero-order valence-corrected chi connectivity index (χ0v) is 17.1. The van der Waals surface area contributed by atoms with Crippen LogP contribution in [0.5, 0.6) is 0 Å². The van der Waals surface area contributed by atoms with Gasteiger partial charge in [0.05, 0.1) is 5.52 Å². The van der Waals surface area contributed by atoms with Crippen molar-refractivity contribution in [2.75, 3.05) is 0 Å². The molecule has 2 heterocycles. The largest absolute Gasteiger partial charge is 0.459 e. The highest BCUT2D eigenvalue weighted by Crippen LogP contribution is 2.27. The van der Waals surface area contributed by atoms with Gasteiger partial charge in [0.15, 0.2) is 11.6 Å². The van der Waals surface area contributed by atoms with Gasteiger partial charge in [0.2, 0.25) is 0 Å². The Bertz CT molecular complexity index is 1060. The second kappa shape index (κ2) is 7.71. The molecular formula is C21H24N4O4. The van der Waals surface area contributed by atoms with Crippen LogP contribution < -0.4 is 0 Å². The van der Waals surface area contributed by atoms with Crippen LogP contribution in [0.4, 0.5) is 0 Å². The first kappa shape index (κ1) is 20.6. The predicted molar refractivity (Wildman–Crippen MR) is 107 cm³/mol. The molecule has 29 heavy (non-hydrogen) atoms. The number of aliphatic hydroxyl groups is 1. The van der Waals surface area contributed by atoms with Crippen molar-refractivity contribution >= 4 is 22.7 Å². The van der Waals surface area contributed by atoms with E-state index in [9.17, 15) is 14.7 Å². The lowest BCUT2D eigenvalue weighted by Crippen LogP contribution is -2.26. The molecule has 8 heteroatoms. The van der Waals surface area contributed by atoms with Gasteiger partial charge in [-0.15, -0.1) is 0 Å². The van der Waals surface area contributed by atoms with Crippen molar-refractivity contribution < 1.29 is 19.4 Å². The van der Waals surface area contributed by atoms with Crippen molar-refractivity contribution in [3.63, 3.8) is 0 Å². The molecule has 0 spiro atoms. The van der Waals surface area contributed by atoms with E-state index in [-0.39, 0.29) is 18.0 Å². The van der Waals surface area contributed by atoms with Gasteiger partial charge in [-0.1, -0.05) is 6.07 Å². The monoisotopic (exact) mass is 396 g/mol. The highest BCUT2D eigenvalue weighted by molar-refractivity contribution is 6.06. The number of hydrogen-bond donors (Lipinski definition) is 1. The summed E-state index contributed by atoms with van der Waals surface area (Å²) in [5.74, 6) is -0.289. The van der Waals surface area contributed by atoms with Gasteiger partial charge in [0.25, 0.3) is 0 Å². The number of carbonyl (C=O) groups is 2. The maximum atomic E-state index is 12.2. The zero-order valence-electron chi connectivity index (χ0n) is 17.1. The van der Waals surface area contributed by atoms with Crippen LogP contribution in [-0.2, 0) is 16.1 Å². The third-order valence-corrected chi connectivity index (χ3v) is 4.16. The Morgan fingerprint density at radius 2 is 1.83 bits per heavy atom. The van der Waals surface area contributed by atoms with Crippen molar-refractivity contribution in [3.8, 4) is 11.1 Å². The van der Waals surface area contributed by atoms with Crippen LogP contribution in [0, 0.1) is 0 Å². The number of rotatable bonds is 5. The molecule has 152 valence electrons. The van der Waals surface area contributed by atoms with Crippen LogP contribution in [0.2, 0.25) is 0 Å². The van der Waals surface area contributed by atoms with Gasteiger partial charge in [-0.3, -0.25) is 14.3 Å². The number of esters is 1. The number of aliphatic hydroxyl groups excluding tert-OH is 1. The molecule has 0 bridgehead atoms. The zero-order chi connectivity index (χ0) is 21.3. The Balaban J connectivity index is 2.00. The summed E-state index contributed by atoms with van der Waals surface area (Å²) in [5, 5.41) is 14.5. The van der Waals surface area contributed by atoms with Crippen LogP contribution in [0.25, 0.3) is 22.0 Å². The molecule has 1 aromatic carbocycles. The highest BCUT2D eigenvalue weighted by Gasteiger charge is 2.20. The minimum atomic E-state index is -0.748. The van der Waals surface area contributed by atoms with Crippen molar-refractivity contribution in [1.82, 2.24) is 19.7 Å². The van der Waals surface area contributed by atoms with Crippen LogP contribution in [0.15, 0.2) is 30.6 Å². The van der Waals surface area contributed by atoms with E-state index >= 15 is 0 Å². The summed E-state index contributed by atoms with van der Waals surface area (Å²) in [4.78, 5) is 32.7. The summed E-state index contributed by atoms with van der Waals surface area (Å²) in [7, 11) is 0. The Morgan fingerprint density at radius 3 is 2.38 bits per heavy atom. The maximum Gasteiger partial charge on any atom is 0.328 e. The van der Waals surface area contributed by atoms with E-state index in [1.54, 1.807) is 46.2 Å². The molecule has 1 unspecified atom stereocenters. The highest BCUT2D eigenvalue weighted by atomic mass is 16.6. The van der Waals surface area contributed by atoms with E-state index < -0.39 is 17.7 Å². The van der Waals surface area contributed by atoms with Crippen molar-refractivity contribution in [1.29, 1.82) is 0 Å². The smallest absolute Gasteiger partial charge is 0.328 e. The molecule has 0 radical (unpaired) electrons. The van der Waals surface area contributed by atoms with E-state index in [1.807, 2.05) is 12.1 Å². The molecule has 0 saturated heterocycles. The Morgan fingerprint density at radius 1 is 1.17 bits per heavy atom. The topological polar surface area (TPSA) is 107 Å². The SMILES string of the molecule is CC(=O)c1nn(CC(=O)OC(C)(C)C)c2ccc(-c3cnc(C(C)O)nc3)cc12. The number of hydrogen-bond acceptors (Lipinski definition) is 7. The Hall–Kier alpha value is -3.13. The molecular weight excluding hydrogens is 372 g/mol. The minimum absolute atomic E-state index is 0.0907. The van der Waals surface area contributed by atoms with Crippen molar-refractivity contribution in [2.45, 2.75) is 52.9 Å². The third kappa shape index (κ3) is 4.65. The molecule has 0 aliphatic heterocycles. The normalized spacial score (nSPS) is 12.8. The van der Waals surface area contributed by atoms with E-state index in [4.69, 9.17) is 4.74 Å². The lowest BCUT2D eigenvalue weighted by Gasteiger charge is -2.19. The molecule has 3 aromatic rings. The molecule has 0 aliphatic carbocycles. The van der Waals surface area contributed by atoms with E-state index in [0.29, 0.717) is 16.7 Å². The Kier molecular flexibility index (Phi) is 5.48. The minimum Gasteiger partial charge on any atom is -0.459 e. The molecule has 1 atom stereocenters. The van der Waals surface area contributed by atoms with Gasteiger partial charge in [-0.05, 0) is 45.4 Å². The van der Waals surface area contributed by atoms with Crippen LogP contribution in [0.1, 0.15) is 57.0 Å². The first-order valence-electron chi connectivity index (χ1n) is 9.29. The van der Waals surface area contributed by atoms with E-state index in [0.717, 1.165) is 11.1 Å². The maximum absolute atomic E-state index is 12.2. The second-order valence-corrected chi connectivity index (χ2v) is 7.89. The standard InChI is InChI=1S/C21H24N4O4/c1-12(26)19-16-8-14(15-9-22-20(13(2)27)23-10-15)6-7-17(16)25(24-19)11-18(28)29-21(3,4)5/h6-10,13,27H,11H2,1-5H3. The molecule has 0 aliphatic rings. The molecule has 0 amide bonds. The van der Waals surface area contributed by atoms with Crippen molar-refractivity contribution in [3.05, 3.63) is 42.1 Å². The average molecular weight is 396 g/mol. The number of nitrogens with zero attached hydrogens (tertiary/aromatic N) is 4. The summed E-state index contributed by atoms with van der Waals surface area (Å²) in [6.07, 6.45) is 2.49. The lowest BCUT2D eigenvalue weighted by molar-refractivity contribution is -0.155. The number of ether oxygens (including phenoxy) is 1. The average Bonchev–Trinajstić information content (AvgIpc) is 2.98. The molecule has 1 N–H and O–H groups in total. The second-order valence-electron chi connectivity index (χ2n) is 7.89. The summed E-state index contributed by atoms with van der Waals surface area (Å²) in [5.41, 5.74) is 1.88. The van der Waals surface area contributed by atoms with Crippen LogP contribution in [-0.4, -0.2) is 42.2 Å². The van der Waals surface area contributed by atoms with Crippen molar-refractivity contribution in [2.24, 2.45) is 0 Å². The summed E-state index contributed by atoms with van der Waals surface area (Å²) >= 11 is 0. The first-order valence-corrected chi connectivity index (χ1v) is 9.29. The Labute approximate surface area is 168 Å². The first-order chi connectivity index (χ1) is 13.5. The fourth-order valence-corrected chi connectivity index (χ4v) is 2.94. The summed E-state index contributed by atoms with van der Waals surface area (Å²) < 4.78 is 6.85. The van der Waals surface area contributed by atoms with E-state index in [1.165, 1.54) is 11.6 Å². The summed E-state index contributed by atoms with van der Waals surface area (Å²) in [6, 6.07) is 5.47. The molecule has 2 aromatic heterocycles. The molecule has 8 nitrogen and oxygen atoms in total. The molecule has 0 saturated carbocycles. The van der Waals surface area contributed by atoms with E-state index in [2.05, 4.69) is 15.1 Å². The predicted octanol–water partition coefficient (Wildman–Crippen LogP) is 3.09. The third-order valence-electron chi connectivity index (χ3n) is 4.16.